The van der Waals surface area contributed by atoms with Crippen molar-refractivity contribution in [2.45, 2.75) is 6.54 Å². The van der Waals surface area contributed by atoms with Gasteiger partial charge in [-0.05, 0) is 28.1 Å². The van der Waals surface area contributed by atoms with Gasteiger partial charge in [-0.1, -0.05) is 15.9 Å². The average Bonchev–Trinajstić information content (AvgIpc) is 2.92. The Labute approximate surface area is 140 Å². The summed E-state index contributed by atoms with van der Waals surface area (Å²) in [6, 6.07) is 2.59. The van der Waals surface area contributed by atoms with E-state index in [9.17, 15) is 14.7 Å². The molecule has 1 heterocycles. The van der Waals surface area contributed by atoms with E-state index in [1.165, 1.54) is 17.4 Å². The number of thiazole rings is 1. The van der Waals surface area contributed by atoms with Crippen molar-refractivity contribution >= 4 is 60.9 Å². The summed E-state index contributed by atoms with van der Waals surface area (Å²) in [5, 5.41) is 14.4. The van der Waals surface area contributed by atoms with E-state index in [1.54, 1.807) is 17.8 Å². The molecule has 2 amide bonds. The highest BCUT2D eigenvalue weighted by Crippen LogP contribution is 2.30. The zero-order valence-corrected chi connectivity index (χ0v) is 14.4. The van der Waals surface area contributed by atoms with Gasteiger partial charge in [-0.3, -0.25) is 4.98 Å². The zero-order valence-electron chi connectivity index (χ0n) is 10.4. The highest BCUT2D eigenvalue weighted by Gasteiger charge is 2.16. The second-order valence-electron chi connectivity index (χ2n) is 3.89. The minimum absolute atomic E-state index is 0.0100. The van der Waals surface area contributed by atoms with Crippen molar-refractivity contribution in [2.75, 3.05) is 5.32 Å². The highest BCUT2D eigenvalue weighted by molar-refractivity contribution is 9.11. The Balaban J connectivity index is 2.11. The number of nitrogens with one attached hydrogen (secondary N) is 2. The molecule has 0 unspecified atom stereocenters. The van der Waals surface area contributed by atoms with E-state index in [0.29, 0.717) is 15.5 Å². The van der Waals surface area contributed by atoms with Gasteiger partial charge in [-0.25, -0.2) is 9.59 Å². The second-order valence-corrected chi connectivity index (χ2v) is 6.63. The maximum Gasteiger partial charge on any atom is 0.337 e. The third-order valence-electron chi connectivity index (χ3n) is 2.43. The maximum absolute atomic E-state index is 11.9. The molecule has 0 radical (unpaired) electrons. The maximum atomic E-state index is 11.9. The number of benzene rings is 1. The van der Waals surface area contributed by atoms with Gasteiger partial charge >= 0.3 is 12.0 Å². The largest absolute Gasteiger partial charge is 0.478 e. The lowest BCUT2D eigenvalue weighted by Crippen LogP contribution is -2.28. The van der Waals surface area contributed by atoms with Crippen LogP contribution in [0.25, 0.3) is 0 Å². The summed E-state index contributed by atoms with van der Waals surface area (Å²) in [7, 11) is 0. The number of hydrogen-bond acceptors (Lipinski definition) is 4. The molecule has 0 saturated carbocycles. The Morgan fingerprint density at radius 1 is 1.33 bits per heavy atom. The molecule has 3 N–H and O–H groups in total. The van der Waals surface area contributed by atoms with Crippen LogP contribution >= 0.6 is 43.2 Å². The van der Waals surface area contributed by atoms with Crippen LogP contribution in [0.3, 0.4) is 0 Å². The van der Waals surface area contributed by atoms with Crippen LogP contribution in [-0.2, 0) is 6.54 Å². The van der Waals surface area contributed by atoms with Crippen molar-refractivity contribution in [3.05, 3.63) is 43.2 Å². The van der Waals surface area contributed by atoms with Crippen molar-refractivity contribution in [2.24, 2.45) is 0 Å². The van der Waals surface area contributed by atoms with Crippen molar-refractivity contribution in [1.29, 1.82) is 0 Å². The molecule has 110 valence electrons. The Morgan fingerprint density at radius 2 is 2.10 bits per heavy atom. The summed E-state index contributed by atoms with van der Waals surface area (Å²) in [5.74, 6) is -1.13. The summed E-state index contributed by atoms with van der Waals surface area (Å²) in [5.41, 5.74) is 1.86. The molecule has 0 atom stereocenters. The lowest BCUT2D eigenvalue weighted by atomic mass is 10.2. The number of rotatable bonds is 4. The first-order valence-corrected chi connectivity index (χ1v) is 8.08. The van der Waals surface area contributed by atoms with Crippen molar-refractivity contribution < 1.29 is 14.7 Å². The van der Waals surface area contributed by atoms with Crippen molar-refractivity contribution in [3.63, 3.8) is 0 Å². The number of halogens is 2. The van der Waals surface area contributed by atoms with Gasteiger partial charge < -0.3 is 15.7 Å². The van der Waals surface area contributed by atoms with Crippen LogP contribution < -0.4 is 10.6 Å². The minimum atomic E-state index is -1.13. The van der Waals surface area contributed by atoms with Crippen LogP contribution in [0.4, 0.5) is 10.5 Å². The van der Waals surface area contributed by atoms with Crippen LogP contribution in [0, 0.1) is 0 Å². The SMILES string of the molecule is O=C(NCc1cncs1)Nc1c(Br)cc(Br)cc1C(=O)O. The smallest absolute Gasteiger partial charge is 0.337 e. The van der Waals surface area contributed by atoms with Gasteiger partial charge in [-0.2, -0.15) is 0 Å². The summed E-state index contributed by atoms with van der Waals surface area (Å²) < 4.78 is 1.07. The Morgan fingerprint density at radius 3 is 2.71 bits per heavy atom. The van der Waals surface area contributed by atoms with Crippen LogP contribution in [-0.4, -0.2) is 22.1 Å². The van der Waals surface area contributed by atoms with Crippen LogP contribution in [0.2, 0.25) is 0 Å². The molecule has 2 aromatic rings. The summed E-state index contributed by atoms with van der Waals surface area (Å²) in [6.07, 6.45) is 1.66. The number of amides is 2. The first-order chi connectivity index (χ1) is 9.97. The number of aromatic carboxylic acids is 1. The summed E-state index contributed by atoms with van der Waals surface area (Å²) in [6.45, 7) is 0.326. The van der Waals surface area contributed by atoms with E-state index < -0.39 is 12.0 Å². The van der Waals surface area contributed by atoms with Crippen LogP contribution in [0.5, 0.6) is 0 Å². The quantitative estimate of drug-likeness (QED) is 0.684. The lowest BCUT2D eigenvalue weighted by Gasteiger charge is -2.12. The first-order valence-electron chi connectivity index (χ1n) is 5.62. The Bertz CT molecular complexity index is 677. The predicted octanol–water partition coefficient (Wildman–Crippen LogP) is 3.69. The number of nitrogens with zero attached hydrogens (tertiary/aromatic N) is 1. The molecule has 1 aromatic carbocycles. The Hall–Kier alpha value is -1.45. The normalized spacial score (nSPS) is 10.2. The number of aromatic nitrogens is 1. The molecule has 0 fully saturated rings. The molecular weight excluding hydrogens is 426 g/mol. The molecular formula is C12H9Br2N3O3S. The summed E-state index contributed by atoms with van der Waals surface area (Å²) in [4.78, 5) is 27.9. The number of carbonyl (C=O) groups excluding carboxylic acids is 1. The van der Waals surface area contributed by atoms with Gasteiger partial charge in [-0.15, -0.1) is 11.3 Å². The topological polar surface area (TPSA) is 91.3 Å². The number of anilines is 1. The van der Waals surface area contributed by atoms with Gasteiger partial charge in [0.25, 0.3) is 0 Å². The molecule has 2 rings (SSSR count). The average molecular weight is 435 g/mol. The fourth-order valence-corrected chi connectivity index (χ4v) is 3.38. The van der Waals surface area contributed by atoms with E-state index in [-0.39, 0.29) is 11.3 Å². The first kappa shape index (κ1) is 15.9. The Kier molecular flexibility index (Phi) is 5.32. The molecule has 0 aliphatic heterocycles. The molecule has 0 aliphatic rings. The zero-order chi connectivity index (χ0) is 15.4. The summed E-state index contributed by atoms with van der Waals surface area (Å²) >= 11 is 7.87. The molecule has 0 spiro atoms. The van der Waals surface area contributed by atoms with E-state index >= 15 is 0 Å². The van der Waals surface area contributed by atoms with Gasteiger partial charge in [0, 0.05) is 20.0 Å². The van der Waals surface area contributed by atoms with Crippen molar-refractivity contribution in [1.82, 2.24) is 10.3 Å². The number of urea groups is 1. The van der Waals surface area contributed by atoms with Crippen LogP contribution in [0.15, 0.2) is 32.8 Å². The molecule has 0 saturated heterocycles. The molecule has 0 aliphatic carbocycles. The second kappa shape index (κ2) is 7.01. The van der Waals surface area contributed by atoms with Gasteiger partial charge in [0.15, 0.2) is 0 Å². The molecule has 1 aromatic heterocycles. The van der Waals surface area contributed by atoms with E-state index in [0.717, 1.165) is 4.88 Å². The van der Waals surface area contributed by atoms with E-state index in [1.807, 2.05) is 0 Å². The fourth-order valence-electron chi connectivity index (χ4n) is 1.52. The number of hydrogen-bond donors (Lipinski definition) is 3. The van der Waals surface area contributed by atoms with Gasteiger partial charge in [0.1, 0.15) is 0 Å². The highest BCUT2D eigenvalue weighted by atomic mass is 79.9. The third-order valence-corrected chi connectivity index (χ3v) is 4.29. The number of carbonyl (C=O) groups is 2. The lowest BCUT2D eigenvalue weighted by molar-refractivity contribution is 0.0698. The van der Waals surface area contributed by atoms with E-state index in [2.05, 4.69) is 47.5 Å². The standard InChI is InChI=1S/C12H9Br2N3O3S/c13-6-1-8(11(18)19)10(9(14)2-6)17-12(20)16-4-7-3-15-5-21-7/h1-3,5H,4H2,(H,18,19)(H2,16,17,20). The molecule has 6 nitrogen and oxygen atoms in total. The number of carboxylic acids is 1. The van der Waals surface area contributed by atoms with Crippen molar-refractivity contribution in [3.8, 4) is 0 Å². The van der Waals surface area contributed by atoms with Gasteiger partial charge in [0.2, 0.25) is 0 Å². The minimum Gasteiger partial charge on any atom is -0.478 e. The monoisotopic (exact) mass is 433 g/mol. The molecule has 0 bridgehead atoms. The van der Waals surface area contributed by atoms with Gasteiger partial charge in [0.05, 0.1) is 23.3 Å². The molecule has 9 heteroatoms. The number of carboxylic acid groups (broad SMARTS) is 1. The fraction of sp³-hybridized carbons (Fsp3) is 0.0833. The predicted molar refractivity (Wildman–Crippen MR) is 86.8 cm³/mol. The van der Waals surface area contributed by atoms with E-state index in [4.69, 9.17) is 0 Å². The van der Waals surface area contributed by atoms with Crippen LogP contribution in [0.1, 0.15) is 15.2 Å². The molecule has 21 heavy (non-hydrogen) atoms. The third kappa shape index (κ3) is 4.26.